The van der Waals surface area contributed by atoms with Crippen molar-refractivity contribution in [2.75, 3.05) is 5.73 Å². The number of rotatable bonds is 1. The maximum Gasteiger partial charge on any atom is 0.119 e. The third-order valence-corrected chi connectivity index (χ3v) is 2.18. The predicted octanol–water partition coefficient (Wildman–Crippen LogP) is 1.84. The molecule has 0 unspecified atom stereocenters. The van der Waals surface area contributed by atoms with Crippen LogP contribution in [0.5, 0.6) is 5.75 Å². The Bertz CT molecular complexity index is 537. The van der Waals surface area contributed by atoms with E-state index in [4.69, 9.17) is 11.0 Å². The fraction of sp³-hybridized carbons (Fsp3) is 0. The van der Waals surface area contributed by atoms with Crippen molar-refractivity contribution in [3.63, 3.8) is 0 Å². The molecule has 2 aromatic rings. The lowest BCUT2D eigenvalue weighted by Crippen LogP contribution is -1.87. The molecule has 15 heavy (non-hydrogen) atoms. The molecule has 0 spiro atoms. The van der Waals surface area contributed by atoms with Crippen LogP contribution in [0.2, 0.25) is 0 Å². The first-order chi connectivity index (χ1) is 7.22. The topological polar surface area (TPSA) is 85.8 Å². The van der Waals surface area contributed by atoms with Crippen molar-refractivity contribution in [2.45, 2.75) is 0 Å². The summed E-state index contributed by atoms with van der Waals surface area (Å²) in [6, 6.07) is 8.71. The first-order valence-electron chi connectivity index (χ1n) is 4.38. The number of nitrogens with two attached hydrogens (primary N) is 1. The summed E-state index contributed by atoms with van der Waals surface area (Å²) in [7, 11) is 0. The molecule has 0 aliphatic rings. The zero-order chi connectivity index (χ0) is 10.8. The zero-order valence-corrected chi connectivity index (χ0v) is 7.86. The van der Waals surface area contributed by atoms with Crippen molar-refractivity contribution < 1.29 is 5.11 Å². The quantitative estimate of drug-likeness (QED) is 0.655. The van der Waals surface area contributed by atoms with Crippen LogP contribution in [0.1, 0.15) is 5.56 Å². The van der Waals surface area contributed by atoms with Crippen molar-refractivity contribution in [3.05, 3.63) is 36.0 Å². The van der Waals surface area contributed by atoms with Crippen LogP contribution < -0.4 is 5.73 Å². The smallest absolute Gasteiger partial charge is 0.119 e. The Morgan fingerprint density at radius 1 is 1.40 bits per heavy atom. The van der Waals surface area contributed by atoms with Gasteiger partial charge in [-0.2, -0.15) is 5.26 Å². The summed E-state index contributed by atoms with van der Waals surface area (Å²) in [5.41, 5.74) is 7.45. The standard InChI is InChI=1S/C11H9N3O/c12-5-9-10(6-14-11(9)13)7-2-1-3-8(15)4-7/h1-4,6,14-15H,13H2. The van der Waals surface area contributed by atoms with Crippen LogP contribution in [0.4, 0.5) is 5.82 Å². The van der Waals surface area contributed by atoms with E-state index in [1.54, 1.807) is 24.4 Å². The number of aromatic nitrogens is 1. The van der Waals surface area contributed by atoms with Gasteiger partial charge in [0.15, 0.2) is 0 Å². The van der Waals surface area contributed by atoms with Gasteiger partial charge in [0.05, 0.1) is 0 Å². The molecular weight excluding hydrogens is 190 g/mol. The van der Waals surface area contributed by atoms with Gasteiger partial charge in [-0.25, -0.2) is 0 Å². The van der Waals surface area contributed by atoms with E-state index in [9.17, 15) is 5.11 Å². The number of benzene rings is 1. The fourth-order valence-electron chi connectivity index (χ4n) is 1.46. The van der Waals surface area contributed by atoms with Crippen molar-refractivity contribution in [3.8, 4) is 22.9 Å². The van der Waals surface area contributed by atoms with Gasteiger partial charge >= 0.3 is 0 Å². The number of phenols is 1. The molecule has 4 N–H and O–H groups in total. The fourth-order valence-corrected chi connectivity index (χ4v) is 1.46. The van der Waals surface area contributed by atoms with E-state index in [0.29, 0.717) is 16.9 Å². The molecule has 1 aromatic carbocycles. The highest BCUT2D eigenvalue weighted by atomic mass is 16.3. The van der Waals surface area contributed by atoms with Crippen LogP contribution in [0, 0.1) is 11.3 Å². The SMILES string of the molecule is N#Cc1c(-c2cccc(O)c2)c[nH]c1N. The van der Waals surface area contributed by atoms with Crippen molar-refractivity contribution >= 4 is 5.82 Å². The maximum atomic E-state index is 9.32. The Morgan fingerprint density at radius 2 is 2.20 bits per heavy atom. The minimum Gasteiger partial charge on any atom is -0.508 e. The van der Waals surface area contributed by atoms with Crippen molar-refractivity contribution in [1.29, 1.82) is 5.26 Å². The first-order valence-corrected chi connectivity index (χ1v) is 4.38. The van der Waals surface area contributed by atoms with Crippen LogP contribution in [0.25, 0.3) is 11.1 Å². The lowest BCUT2D eigenvalue weighted by atomic mass is 10.0. The summed E-state index contributed by atoms with van der Waals surface area (Å²) >= 11 is 0. The Labute approximate surface area is 86.6 Å². The Hall–Kier alpha value is -2.41. The minimum absolute atomic E-state index is 0.163. The average Bonchev–Trinajstić information content (AvgIpc) is 2.59. The summed E-state index contributed by atoms with van der Waals surface area (Å²) in [5, 5.41) is 18.2. The van der Waals surface area contributed by atoms with Crippen LogP contribution in [-0.2, 0) is 0 Å². The Morgan fingerprint density at radius 3 is 2.87 bits per heavy atom. The molecule has 4 nitrogen and oxygen atoms in total. The van der Waals surface area contributed by atoms with Gasteiger partial charge in [-0.3, -0.25) is 0 Å². The molecule has 0 saturated carbocycles. The van der Waals surface area contributed by atoms with Gasteiger partial charge in [0, 0.05) is 11.8 Å². The Kier molecular flexibility index (Phi) is 2.07. The molecule has 1 aromatic heterocycles. The number of aromatic hydroxyl groups is 1. The van der Waals surface area contributed by atoms with Gasteiger partial charge < -0.3 is 15.8 Å². The second-order valence-corrected chi connectivity index (χ2v) is 3.15. The van der Waals surface area contributed by atoms with Crippen LogP contribution in [0.15, 0.2) is 30.5 Å². The predicted molar refractivity (Wildman–Crippen MR) is 57.0 cm³/mol. The van der Waals surface area contributed by atoms with Gasteiger partial charge in [0.1, 0.15) is 23.2 Å². The van der Waals surface area contributed by atoms with Gasteiger partial charge in [-0.1, -0.05) is 12.1 Å². The lowest BCUT2D eigenvalue weighted by molar-refractivity contribution is 0.475. The number of hydrogen-bond donors (Lipinski definition) is 3. The van der Waals surface area contributed by atoms with Crippen LogP contribution >= 0.6 is 0 Å². The molecule has 1 heterocycles. The molecule has 0 aliphatic heterocycles. The van der Waals surface area contributed by atoms with E-state index < -0.39 is 0 Å². The van der Waals surface area contributed by atoms with E-state index >= 15 is 0 Å². The van der Waals surface area contributed by atoms with E-state index in [2.05, 4.69) is 4.98 Å². The molecule has 74 valence electrons. The molecule has 0 atom stereocenters. The zero-order valence-electron chi connectivity index (χ0n) is 7.86. The number of nitrogen functional groups attached to an aromatic ring is 1. The number of nitrogens with zero attached hydrogens (tertiary/aromatic N) is 1. The van der Waals surface area contributed by atoms with Gasteiger partial charge in [-0.05, 0) is 17.7 Å². The number of anilines is 1. The second kappa shape index (κ2) is 3.39. The lowest BCUT2D eigenvalue weighted by Gasteiger charge is -1.99. The number of hydrogen-bond acceptors (Lipinski definition) is 3. The van der Waals surface area contributed by atoms with Gasteiger partial charge in [0.2, 0.25) is 0 Å². The molecule has 0 aliphatic carbocycles. The highest BCUT2D eigenvalue weighted by molar-refractivity contribution is 5.76. The Balaban J connectivity index is 2.60. The molecule has 4 heteroatoms. The normalized spacial score (nSPS) is 9.80. The molecular formula is C11H9N3O. The molecule has 2 rings (SSSR count). The van der Waals surface area contributed by atoms with Gasteiger partial charge in [0.25, 0.3) is 0 Å². The number of H-pyrrole nitrogens is 1. The molecule has 0 amide bonds. The highest BCUT2D eigenvalue weighted by Gasteiger charge is 2.10. The van der Waals surface area contributed by atoms with E-state index in [-0.39, 0.29) is 5.75 Å². The molecule has 0 fully saturated rings. The monoisotopic (exact) mass is 199 g/mol. The average molecular weight is 199 g/mol. The number of nitriles is 1. The number of nitrogens with one attached hydrogen (secondary N) is 1. The summed E-state index contributed by atoms with van der Waals surface area (Å²) in [4.78, 5) is 2.78. The van der Waals surface area contributed by atoms with Crippen LogP contribution in [0.3, 0.4) is 0 Å². The summed E-state index contributed by atoms with van der Waals surface area (Å²) in [5.74, 6) is 0.506. The largest absolute Gasteiger partial charge is 0.508 e. The van der Waals surface area contributed by atoms with E-state index in [0.717, 1.165) is 5.56 Å². The maximum absolute atomic E-state index is 9.32. The van der Waals surface area contributed by atoms with E-state index in [1.807, 2.05) is 12.1 Å². The third kappa shape index (κ3) is 1.51. The van der Waals surface area contributed by atoms with Crippen molar-refractivity contribution in [2.24, 2.45) is 0 Å². The third-order valence-electron chi connectivity index (χ3n) is 2.18. The summed E-state index contributed by atoms with van der Waals surface area (Å²) in [6.07, 6.45) is 1.66. The number of aromatic amines is 1. The first kappa shape index (κ1) is 9.16. The summed E-state index contributed by atoms with van der Waals surface area (Å²) in [6.45, 7) is 0. The highest BCUT2D eigenvalue weighted by Crippen LogP contribution is 2.28. The molecule has 0 bridgehead atoms. The van der Waals surface area contributed by atoms with Crippen molar-refractivity contribution in [1.82, 2.24) is 4.98 Å². The second-order valence-electron chi connectivity index (χ2n) is 3.15. The van der Waals surface area contributed by atoms with Gasteiger partial charge in [-0.15, -0.1) is 0 Å². The van der Waals surface area contributed by atoms with Crippen LogP contribution in [-0.4, -0.2) is 10.1 Å². The molecule has 0 saturated heterocycles. The number of phenolic OH excluding ortho intramolecular Hbond substituents is 1. The molecule has 0 radical (unpaired) electrons. The minimum atomic E-state index is 0.163. The summed E-state index contributed by atoms with van der Waals surface area (Å²) < 4.78 is 0. The van der Waals surface area contributed by atoms with E-state index in [1.165, 1.54) is 0 Å².